The van der Waals surface area contributed by atoms with Crippen molar-refractivity contribution in [3.8, 4) is 11.3 Å². The summed E-state index contributed by atoms with van der Waals surface area (Å²) in [7, 11) is -3.17. The number of carbonyl (C=O) groups is 1. The number of fused-ring (bicyclic) bond motifs is 1. The van der Waals surface area contributed by atoms with Crippen LogP contribution in [-0.4, -0.2) is 47.1 Å². The molecule has 0 atom stereocenters. The Labute approximate surface area is 179 Å². The van der Waals surface area contributed by atoms with Crippen molar-refractivity contribution >= 4 is 26.8 Å². The summed E-state index contributed by atoms with van der Waals surface area (Å²) in [5.41, 5.74) is 2.42. The van der Waals surface area contributed by atoms with Gasteiger partial charge in [-0.15, -0.1) is 0 Å². The number of amides is 1. The highest BCUT2D eigenvalue weighted by Crippen LogP contribution is 2.25. The Balaban J connectivity index is 1.72. The first-order valence-corrected chi connectivity index (χ1v) is 11.7. The van der Waals surface area contributed by atoms with Crippen molar-refractivity contribution in [1.82, 2.24) is 20.1 Å². The molecule has 3 heterocycles. The summed E-state index contributed by atoms with van der Waals surface area (Å²) in [5.74, 6) is 0.286. The van der Waals surface area contributed by atoms with E-state index in [0.717, 1.165) is 5.56 Å². The summed E-state index contributed by atoms with van der Waals surface area (Å²) in [5, 5.41) is 7.70. The SMILES string of the molecule is CCS(=O)(=O)CCNC(=O)c1cc(-c2ccccc2)nc2c1cnn2Cc1ccco1. The zero-order valence-corrected chi connectivity index (χ0v) is 17.8. The molecule has 0 aliphatic heterocycles. The number of pyridine rings is 1. The molecule has 9 heteroatoms. The van der Waals surface area contributed by atoms with Gasteiger partial charge < -0.3 is 9.73 Å². The van der Waals surface area contributed by atoms with E-state index in [1.54, 1.807) is 36.2 Å². The van der Waals surface area contributed by atoms with E-state index in [1.807, 2.05) is 36.4 Å². The molecule has 31 heavy (non-hydrogen) atoms. The number of carbonyl (C=O) groups excluding carboxylic acids is 1. The normalized spacial score (nSPS) is 11.6. The Morgan fingerprint density at radius 2 is 1.97 bits per heavy atom. The van der Waals surface area contributed by atoms with E-state index < -0.39 is 9.84 Å². The van der Waals surface area contributed by atoms with Gasteiger partial charge in [0.05, 0.1) is 34.9 Å². The minimum Gasteiger partial charge on any atom is -0.467 e. The minimum atomic E-state index is -3.17. The maximum atomic E-state index is 13.0. The maximum absolute atomic E-state index is 13.0. The lowest BCUT2D eigenvalue weighted by Crippen LogP contribution is -2.29. The number of nitrogens with one attached hydrogen (secondary N) is 1. The Bertz CT molecular complexity index is 1300. The van der Waals surface area contributed by atoms with Gasteiger partial charge >= 0.3 is 0 Å². The van der Waals surface area contributed by atoms with E-state index in [0.29, 0.717) is 34.6 Å². The summed E-state index contributed by atoms with van der Waals surface area (Å²) in [6.07, 6.45) is 3.19. The van der Waals surface area contributed by atoms with Crippen LogP contribution in [0.15, 0.2) is 65.4 Å². The van der Waals surface area contributed by atoms with Crippen LogP contribution < -0.4 is 5.32 Å². The van der Waals surface area contributed by atoms with Gasteiger partial charge in [-0.1, -0.05) is 37.3 Å². The third kappa shape index (κ3) is 4.66. The summed E-state index contributed by atoms with van der Waals surface area (Å²) < 4.78 is 30.6. The molecule has 0 saturated carbocycles. The summed E-state index contributed by atoms with van der Waals surface area (Å²) >= 11 is 0. The number of sulfone groups is 1. The van der Waals surface area contributed by atoms with Crippen LogP contribution in [0.5, 0.6) is 0 Å². The van der Waals surface area contributed by atoms with Crippen molar-refractivity contribution < 1.29 is 17.6 Å². The van der Waals surface area contributed by atoms with E-state index in [-0.39, 0.29) is 24.0 Å². The third-order valence-corrected chi connectivity index (χ3v) is 6.65. The smallest absolute Gasteiger partial charge is 0.252 e. The van der Waals surface area contributed by atoms with Crippen molar-refractivity contribution in [2.45, 2.75) is 13.5 Å². The number of nitrogens with zero attached hydrogens (tertiary/aromatic N) is 3. The van der Waals surface area contributed by atoms with Crippen LogP contribution in [0.25, 0.3) is 22.3 Å². The predicted octanol–water partition coefficient (Wildman–Crippen LogP) is 2.90. The standard InChI is InChI=1S/C22H22N4O4S/c1-2-31(28,29)12-10-23-22(27)18-13-20(16-7-4-3-5-8-16)25-21-19(18)14-24-26(21)15-17-9-6-11-30-17/h3-9,11,13-14H,2,10,12,15H2,1H3,(H,23,27). The number of benzene rings is 1. The monoisotopic (exact) mass is 438 g/mol. The van der Waals surface area contributed by atoms with Gasteiger partial charge in [0.15, 0.2) is 15.5 Å². The molecule has 1 amide bonds. The summed E-state index contributed by atoms with van der Waals surface area (Å²) in [6.45, 7) is 2.00. The molecule has 1 N–H and O–H groups in total. The molecule has 1 aromatic carbocycles. The predicted molar refractivity (Wildman–Crippen MR) is 117 cm³/mol. The second-order valence-corrected chi connectivity index (χ2v) is 9.50. The minimum absolute atomic E-state index is 0.0417. The first-order valence-electron chi connectivity index (χ1n) is 9.90. The average molecular weight is 439 g/mol. The van der Waals surface area contributed by atoms with Crippen LogP contribution in [0, 0.1) is 0 Å². The fourth-order valence-corrected chi connectivity index (χ4v) is 3.92. The fourth-order valence-electron chi connectivity index (χ4n) is 3.22. The van der Waals surface area contributed by atoms with Gasteiger partial charge in [-0.2, -0.15) is 5.10 Å². The van der Waals surface area contributed by atoms with E-state index >= 15 is 0 Å². The highest BCUT2D eigenvalue weighted by molar-refractivity contribution is 7.91. The zero-order chi connectivity index (χ0) is 21.8. The van der Waals surface area contributed by atoms with Crippen LogP contribution in [0.4, 0.5) is 0 Å². The lowest BCUT2D eigenvalue weighted by molar-refractivity contribution is 0.0957. The number of hydrogen-bond donors (Lipinski definition) is 1. The lowest BCUT2D eigenvalue weighted by Gasteiger charge is -2.10. The van der Waals surface area contributed by atoms with Crippen molar-refractivity contribution in [1.29, 1.82) is 0 Å². The largest absolute Gasteiger partial charge is 0.467 e. The molecule has 160 valence electrons. The van der Waals surface area contributed by atoms with Gasteiger partial charge in [0, 0.05) is 17.9 Å². The van der Waals surface area contributed by atoms with Crippen LogP contribution >= 0.6 is 0 Å². The van der Waals surface area contributed by atoms with E-state index in [1.165, 1.54) is 0 Å². The first-order chi connectivity index (χ1) is 15.0. The quantitative estimate of drug-likeness (QED) is 0.453. The maximum Gasteiger partial charge on any atom is 0.252 e. The van der Waals surface area contributed by atoms with Crippen LogP contribution in [0.3, 0.4) is 0 Å². The highest BCUT2D eigenvalue weighted by Gasteiger charge is 2.18. The number of rotatable bonds is 8. The Morgan fingerprint density at radius 3 is 2.68 bits per heavy atom. The molecule has 0 saturated heterocycles. The first kappa shape index (κ1) is 20.8. The van der Waals surface area contributed by atoms with Gasteiger partial charge in [-0.25, -0.2) is 18.1 Å². The highest BCUT2D eigenvalue weighted by atomic mass is 32.2. The molecule has 0 fully saturated rings. The molecule has 4 aromatic rings. The summed E-state index contributed by atoms with van der Waals surface area (Å²) in [4.78, 5) is 17.7. The second kappa shape index (κ2) is 8.73. The van der Waals surface area contributed by atoms with Gasteiger partial charge in [-0.3, -0.25) is 4.79 Å². The molecule has 0 bridgehead atoms. The van der Waals surface area contributed by atoms with Crippen molar-refractivity contribution in [2.24, 2.45) is 0 Å². The van der Waals surface area contributed by atoms with Gasteiger partial charge in [0.1, 0.15) is 12.3 Å². The van der Waals surface area contributed by atoms with Crippen LogP contribution in [0.2, 0.25) is 0 Å². The molecule has 0 spiro atoms. The van der Waals surface area contributed by atoms with Gasteiger partial charge in [0.2, 0.25) is 0 Å². The van der Waals surface area contributed by atoms with Gasteiger partial charge in [-0.05, 0) is 18.2 Å². The van der Waals surface area contributed by atoms with E-state index in [9.17, 15) is 13.2 Å². The average Bonchev–Trinajstić information content (AvgIpc) is 3.44. The molecule has 0 radical (unpaired) electrons. The van der Waals surface area contributed by atoms with Gasteiger partial charge in [0.25, 0.3) is 5.91 Å². The van der Waals surface area contributed by atoms with E-state index in [2.05, 4.69) is 10.4 Å². The Morgan fingerprint density at radius 1 is 1.16 bits per heavy atom. The second-order valence-electron chi connectivity index (χ2n) is 7.03. The number of aromatic nitrogens is 3. The fraction of sp³-hybridized carbons (Fsp3) is 0.227. The lowest BCUT2D eigenvalue weighted by atomic mass is 10.1. The van der Waals surface area contributed by atoms with Crippen LogP contribution in [0.1, 0.15) is 23.0 Å². The van der Waals surface area contributed by atoms with Crippen molar-refractivity contribution in [3.63, 3.8) is 0 Å². The van der Waals surface area contributed by atoms with Crippen molar-refractivity contribution in [2.75, 3.05) is 18.1 Å². The molecule has 3 aromatic heterocycles. The van der Waals surface area contributed by atoms with Crippen LogP contribution in [-0.2, 0) is 16.4 Å². The Kier molecular flexibility index (Phi) is 5.85. The third-order valence-electron chi connectivity index (χ3n) is 4.95. The Hall–Kier alpha value is -3.46. The molecule has 0 aliphatic carbocycles. The molecular weight excluding hydrogens is 416 g/mol. The molecular formula is C22H22N4O4S. The van der Waals surface area contributed by atoms with Crippen molar-refractivity contribution in [3.05, 3.63) is 72.3 Å². The zero-order valence-electron chi connectivity index (χ0n) is 17.0. The van der Waals surface area contributed by atoms with E-state index in [4.69, 9.17) is 9.40 Å². The molecule has 0 unspecified atom stereocenters. The molecule has 4 rings (SSSR count). The topological polar surface area (TPSA) is 107 Å². The number of furan rings is 1. The molecule has 8 nitrogen and oxygen atoms in total. The summed E-state index contributed by atoms with van der Waals surface area (Å²) in [6, 6.07) is 14.9. The number of hydrogen-bond acceptors (Lipinski definition) is 6. The molecule has 0 aliphatic rings.